The number of phenols is 1. The van der Waals surface area contributed by atoms with Crippen molar-refractivity contribution >= 4 is 0 Å². The van der Waals surface area contributed by atoms with Crippen molar-refractivity contribution in [1.29, 1.82) is 0 Å². The molecule has 0 aliphatic carbocycles. The fraction of sp³-hybridized carbons (Fsp3) is 0.200. The molecule has 2 rings (SSSR count). The van der Waals surface area contributed by atoms with E-state index in [-0.39, 0.29) is 5.75 Å². The second kappa shape index (κ2) is 5.45. The molecule has 0 fully saturated rings. The van der Waals surface area contributed by atoms with Gasteiger partial charge in [-0.15, -0.1) is 0 Å². The summed E-state index contributed by atoms with van der Waals surface area (Å²) >= 11 is 0. The zero-order chi connectivity index (χ0) is 13.0. The quantitative estimate of drug-likeness (QED) is 0.897. The van der Waals surface area contributed by atoms with Gasteiger partial charge in [0.15, 0.2) is 11.5 Å². The van der Waals surface area contributed by atoms with Gasteiger partial charge in [0, 0.05) is 0 Å². The summed E-state index contributed by atoms with van der Waals surface area (Å²) in [5, 5.41) is 9.49. The van der Waals surface area contributed by atoms with Gasteiger partial charge in [-0.2, -0.15) is 0 Å². The smallest absolute Gasteiger partial charge is 0.160 e. The molecule has 0 unspecified atom stereocenters. The van der Waals surface area contributed by atoms with Crippen LogP contribution in [-0.2, 0) is 6.61 Å². The van der Waals surface area contributed by atoms with E-state index in [9.17, 15) is 5.11 Å². The lowest BCUT2D eigenvalue weighted by atomic mass is 10.2. The topological polar surface area (TPSA) is 38.7 Å². The Morgan fingerprint density at radius 2 is 1.94 bits per heavy atom. The molecule has 2 aromatic rings. The molecular weight excluding hydrogens is 228 g/mol. The second-order valence-electron chi connectivity index (χ2n) is 4.11. The van der Waals surface area contributed by atoms with E-state index < -0.39 is 0 Å². The predicted molar refractivity (Wildman–Crippen MR) is 70.2 cm³/mol. The maximum absolute atomic E-state index is 9.49. The largest absolute Gasteiger partial charge is 0.504 e. The normalized spacial score (nSPS) is 10.1. The number of aromatic hydroxyl groups is 1. The van der Waals surface area contributed by atoms with Crippen LogP contribution in [-0.4, -0.2) is 12.2 Å². The predicted octanol–water partition coefficient (Wildman–Crippen LogP) is 3.29. The Balaban J connectivity index is 2.06. The molecule has 94 valence electrons. The molecular formula is C15H16O3. The Bertz CT molecular complexity index is 535. The molecule has 0 spiro atoms. The summed E-state index contributed by atoms with van der Waals surface area (Å²) in [6.45, 7) is 2.47. The third kappa shape index (κ3) is 2.94. The lowest BCUT2D eigenvalue weighted by molar-refractivity contribution is 0.304. The van der Waals surface area contributed by atoms with Gasteiger partial charge in [-0.1, -0.05) is 18.2 Å². The summed E-state index contributed by atoms with van der Waals surface area (Å²) in [4.78, 5) is 0. The minimum atomic E-state index is 0.136. The van der Waals surface area contributed by atoms with Gasteiger partial charge in [0.05, 0.1) is 7.11 Å². The number of methoxy groups -OCH3 is 1. The second-order valence-corrected chi connectivity index (χ2v) is 4.11. The molecule has 0 aliphatic rings. The van der Waals surface area contributed by atoms with Gasteiger partial charge < -0.3 is 14.6 Å². The third-order valence-electron chi connectivity index (χ3n) is 2.64. The van der Waals surface area contributed by atoms with Gasteiger partial charge in [0.2, 0.25) is 0 Å². The molecule has 0 heterocycles. The Morgan fingerprint density at radius 3 is 2.67 bits per heavy atom. The molecule has 0 bridgehead atoms. The lowest BCUT2D eigenvalue weighted by Crippen LogP contribution is -1.96. The Morgan fingerprint density at radius 1 is 1.11 bits per heavy atom. The van der Waals surface area contributed by atoms with Crippen molar-refractivity contribution in [2.75, 3.05) is 7.11 Å². The van der Waals surface area contributed by atoms with Gasteiger partial charge in [-0.3, -0.25) is 0 Å². The molecule has 1 N–H and O–H groups in total. The van der Waals surface area contributed by atoms with Gasteiger partial charge >= 0.3 is 0 Å². The third-order valence-corrected chi connectivity index (χ3v) is 2.64. The van der Waals surface area contributed by atoms with Crippen LogP contribution in [0.1, 0.15) is 11.1 Å². The highest BCUT2D eigenvalue weighted by molar-refractivity contribution is 5.41. The SMILES string of the molecule is COc1cc(COc2cccc(C)c2)ccc1O. The molecule has 3 heteroatoms. The van der Waals surface area contributed by atoms with Crippen LogP contribution in [0.2, 0.25) is 0 Å². The highest BCUT2D eigenvalue weighted by Crippen LogP contribution is 2.26. The zero-order valence-corrected chi connectivity index (χ0v) is 10.5. The number of ether oxygens (including phenoxy) is 2. The van der Waals surface area contributed by atoms with Crippen LogP contribution in [0.4, 0.5) is 0 Å². The monoisotopic (exact) mass is 244 g/mol. The van der Waals surface area contributed by atoms with Crippen molar-refractivity contribution in [2.24, 2.45) is 0 Å². The number of phenolic OH excluding ortho intramolecular Hbond substituents is 1. The summed E-state index contributed by atoms with van der Waals surface area (Å²) in [5.41, 5.74) is 2.11. The van der Waals surface area contributed by atoms with Crippen LogP contribution in [0.5, 0.6) is 17.2 Å². The fourth-order valence-electron chi connectivity index (χ4n) is 1.68. The average Bonchev–Trinajstić information content (AvgIpc) is 2.38. The Hall–Kier alpha value is -2.16. The first-order valence-corrected chi connectivity index (χ1v) is 5.74. The Labute approximate surface area is 107 Å². The molecule has 0 aromatic heterocycles. The maximum Gasteiger partial charge on any atom is 0.160 e. The highest BCUT2D eigenvalue weighted by Gasteiger charge is 2.03. The summed E-state index contributed by atoms with van der Waals surface area (Å²) in [7, 11) is 1.53. The van der Waals surface area contributed by atoms with Crippen molar-refractivity contribution in [3.05, 3.63) is 53.6 Å². The minimum absolute atomic E-state index is 0.136. The maximum atomic E-state index is 9.49. The standard InChI is InChI=1S/C15H16O3/c1-11-4-3-5-13(8-11)18-10-12-6-7-14(16)15(9-12)17-2/h3-9,16H,10H2,1-2H3. The molecule has 0 radical (unpaired) electrons. The van der Waals surface area contributed by atoms with E-state index in [1.165, 1.54) is 7.11 Å². The van der Waals surface area contributed by atoms with E-state index in [4.69, 9.17) is 9.47 Å². The van der Waals surface area contributed by atoms with Gasteiger partial charge in [0.1, 0.15) is 12.4 Å². The van der Waals surface area contributed by atoms with Crippen LogP contribution in [0, 0.1) is 6.92 Å². The van der Waals surface area contributed by atoms with Crippen molar-refractivity contribution in [1.82, 2.24) is 0 Å². The number of hydrogen-bond acceptors (Lipinski definition) is 3. The van der Waals surface area contributed by atoms with Crippen LogP contribution >= 0.6 is 0 Å². The van der Waals surface area contributed by atoms with Crippen molar-refractivity contribution < 1.29 is 14.6 Å². The molecule has 2 aromatic carbocycles. The summed E-state index contributed by atoms with van der Waals surface area (Å²) in [6, 6.07) is 13.1. The van der Waals surface area contributed by atoms with E-state index in [0.717, 1.165) is 16.9 Å². The number of aryl methyl sites for hydroxylation is 1. The van der Waals surface area contributed by atoms with E-state index in [2.05, 4.69) is 0 Å². The van der Waals surface area contributed by atoms with Crippen molar-refractivity contribution in [3.8, 4) is 17.2 Å². The zero-order valence-electron chi connectivity index (χ0n) is 10.5. The molecule has 18 heavy (non-hydrogen) atoms. The van der Waals surface area contributed by atoms with E-state index in [0.29, 0.717) is 12.4 Å². The first-order valence-electron chi connectivity index (χ1n) is 5.74. The highest BCUT2D eigenvalue weighted by atomic mass is 16.5. The number of benzene rings is 2. The van der Waals surface area contributed by atoms with E-state index in [1.54, 1.807) is 12.1 Å². The summed E-state index contributed by atoms with van der Waals surface area (Å²) in [6.07, 6.45) is 0. The molecule has 0 saturated heterocycles. The van der Waals surface area contributed by atoms with E-state index >= 15 is 0 Å². The van der Waals surface area contributed by atoms with E-state index in [1.807, 2.05) is 37.3 Å². The molecule has 0 aliphatic heterocycles. The summed E-state index contributed by atoms with van der Waals surface area (Å²) in [5.74, 6) is 1.43. The van der Waals surface area contributed by atoms with Gasteiger partial charge in [-0.25, -0.2) is 0 Å². The first kappa shape index (κ1) is 12.3. The Kier molecular flexibility index (Phi) is 3.72. The lowest BCUT2D eigenvalue weighted by Gasteiger charge is -2.09. The first-order chi connectivity index (χ1) is 8.69. The van der Waals surface area contributed by atoms with Gasteiger partial charge in [-0.05, 0) is 42.3 Å². The van der Waals surface area contributed by atoms with Crippen LogP contribution < -0.4 is 9.47 Å². The summed E-state index contributed by atoms with van der Waals surface area (Å²) < 4.78 is 10.7. The molecule has 0 atom stereocenters. The molecule has 0 saturated carbocycles. The van der Waals surface area contributed by atoms with Crippen LogP contribution in [0.3, 0.4) is 0 Å². The molecule has 3 nitrogen and oxygen atoms in total. The van der Waals surface area contributed by atoms with Gasteiger partial charge in [0.25, 0.3) is 0 Å². The van der Waals surface area contributed by atoms with Crippen LogP contribution in [0.15, 0.2) is 42.5 Å². The van der Waals surface area contributed by atoms with Crippen LogP contribution in [0.25, 0.3) is 0 Å². The van der Waals surface area contributed by atoms with Crippen molar-refractivity contribution in [2.45, 2.75) is 13.5 Å². The van der Waals surface area contributed by atoms with Crippen molar-refractivity contribution in [3.63, 3.8) is 0 Å². The molecule has 0 amide bonds. The fourth-order valence-corrected chi connectivity index (χ4v) is 1.68. The average molecular weight is 244 g/mol. The number of rotatable bonds is 4. The minimum Gasteiger partial charge on any atom is -0.504 e. The number of hydrogen-bond donors (Lipinski definition) is 1.